The summed E-state index contributed by atoms with van der Waals surface area (Å²) in [5.74, 6) is -3.04. The van der Waals surface area contributed by atoms with Crippen molar-refractivity contribution in [3.8, 4) is 11.1 Å². The molecule has 5 nitrogen and oxygen atoms in total. The van der Waals surface area contributed by atoms with Crippen molar-refractivity contribution in [1.82, 2.24) is 0 Å². The lowest BCUT2D eigenvalue weighted by Gasteiger charge is -2.07. The average molecular weight is 293 g/mol. The van der Waals surface area contributed by atoms with Crippen LogP contribution >= 0.6 is 0 Å². The summed E-state index contributed by atoms with van der Waals surface area (Å²) in [5, 5.41) is 10.9. The molecule has 0 amide bonds. The maximum Gasteiger partial charge on any atom is 0.338 e. The lowest BCUT2D eigenvalue weighted by molar-refractivity contribution is -0.384. The first-order valence-electron chi connectivity index (χ1n) is 5.76. The molecule has 2 rings (SSSR count). The molecule has 0 saturated heterocycles. The minimum Gasteiger partial charge on any atom is -0.465 e. The van der Waals surface area contributed by atoms with Crippen molar-refractivity contribution in [3.63, 3.8) is 0 Å². The van der Waals surface area contributed by atoms with E-state index in [1.165, 1.54) is 18.2 Å². The van der Waals surface area contributed by atoms with E-state index in [2.05, 4.69) is 4.74 Å². The largest absolute Gasteiger partial charge is 0.465 e. The predicted molar refractivity (Wildman–Crippen MR) is 69.8 cm³/mol. The number of nitrogens with zero attached hydrogens (tertiary/aromatic N) is 1. The van der Waals surface area contributed by atoms with E-state index in [0.29, 0.717) is 0 Å². The molecule has 0 bridgehead atoms. The van der Waals surface area contributed by atoms with Gasteiger partial charge in [0.2, 0.25) is 0 Å². The molecule has 0 N–H and O–H groups in total. The van der Waals surface area contributed by atoms with Crippen LogP contribution in [0.5, 0.6) is 0 Å². The van der Waals surface area contributed by atoms with Gasteiger partial charge in [-0.1, -0.05) is 12.1 Å². The fourth-order valence-electron chi connectivity index (χ4n) is 1.83. The van der Waals surface area contributed by atoms with Gasteiger partial charge in [-0.2, -0.15) is 0 Å². The number of benzene rings is 2. The minimum atomic E-state index is -1.14. The highest BCUT2D eigenvalue weighted by Gasteiger charge is 2.18. The highest BCUT2D eigenvalue weighted by Crippen LogP contribution is 2.29. The zero-order chi connectivity index (χ0) is 15.6. The van der Waals surface area contributed by atoms with Crippen LogP contribution in [0.4, 0.5) is 14.5 Å². The van der Waals surface area contributed by atoms with Crippen molar-refractivity contribution >= 4 is 11.7 Å². The average Bonchev–Trinajstić information content (AvgIpc) is 2.48. The molecule has 0 spiro atoms. The van der Waals surface area contributed by atoms with Crippen LogP contribution in [0, 0.1) is 21.7 Å². The summed E-state index contributed by atoms with van der Waals surface area (Å²) in [6, 6.07) is 6.73. The number of esters is 1. The molecule has 0 unspecified atom stereocenters. The van der Waals surface area contributed by atoms with E-state index in [-0.39, 0.29) is 16.7 Å². The second kappa shape index (κ2) is 5.66. The van der Waals surface area contributed by atoms with E-state index in [4.69, 9.17) is 0 Å². The number of hydrogen-bond acceptors (Lipinski definition) is 4. The molecule has 0 radical (unpaired) electrons. The molecule has 0 aliphatic rings. The molecule has 0 aliphatic heterocycles. The number of nitro groups is 1. The molecule has 2 aromatic rings. The lowest BCUT2D eigenvalue weighted by atomic mass is 10.0. The SMILES string of the molecule is COC(=O)c1cc(-c2cccc(F)c2F)cc([N+](=O)[O-])c1. The number of non-ortho nitro benzene ring substituents is 1. The van der Waals surface area contributed by atoms with Crippen molar-refractivity contribution in [2.24, 2.45) is 0 Å². The zero-order valence-electron chi connectivity index (χ0n) is 10.8. The molecule has 21 heavy (non-hydrogen) atoms. The van der Waals surface area contributed by atoms with Crippen LogP contribution in [0.1, 0.15) is 10.4 Å². The number of methoxy groups -OCH3 is 1. The van der Waals surface area contributed by atoms with E-state index in [1.807, 2.05) is 0 Å². The first-order chi connectivity index (χ1) is 9.93. The Morgan fingerprint density at radius 2 is 1.95 bits per heavy atom. The van der Waals surface area contributed by atoms with Gasteiger partial charge >= 0.3 is 5.97 Å². The van der Waals surface area contributed by atoms with Crippen LogP contribution in [0.15, 0.2) is 36.4 Å². The van der Waals surface area contributed by atoms with Gasteiger partial charge in [0.1, 0.15) is 0 Å². The van der Waals surface area contributed by atoms with E-state index >= 15 is 0 Å². The molecular weight excluding hydrogens is 284 g/mol. The summed E-state index contributed by atoms with van der Waals surface area (Å²) in [6.45, 7) is 0. The van der Waals surface area contributed by atoms with Crippen LogP contribution in [-0.4, -0.2) is 18.0 Å². The lowest BCUT2D eigenvalue weighted by Crippen LogP contribution is -2.03. The molecule has 108 valence electrons. The number of ether oxygens (including phenoxy) is 1. The Morgan fingerprint density at radius 3 is 2.57 bits per heavy atom. The van der Waals surface area contributed by atoms with E-state index in [9.17, 15) is 23.7 Å². The molecule has 2 aromatic carbocycles. The van der Waals surface area contributed by atoms with Crippen LogP contribution in [-0.2, 0) is 4.74 Å². The number of halogens is 2. The number of carbonyl (C=O) groups is 1. The Labute approximate surface area is 117 Å². The number of carbonyl (C=O) groups excluding carboxylic acids is 1. The Hall–Kier alpha value is -2.83. The van der Waals surface area contributed by atoms with Crippen molar-refractivity contribution < 1.29 is 23.2 Å². The van der Waals surface area contributed by atoms with Crippen molar-refractivity contribution in [1.29, 1.82) is 0 Å². The summed E-state index contributed by atoms with van der Waals surface area (Å²) in [4.78, 5) is 21.7. The minimum absolute atomic E-state index is 0.0154. The van der Waals surface area contributed by atoms with E-state index in [1.54, 1.807) is 0 Å². The number of rotatable bonds is 3. The molecule has 0 heterocycles. The highest BCUT2D eigenvalue weighted by atomic mass is 19.2. The molecule has 0 saturated carbocycles. The van der Waals surface area contributed by atoms with Crippen LogP contribution in [0.3, 0.4) is 0 Å². The summed E-state index contributed by atoms with van der Waals surface area (Å²) in [6.07, 6.45) is 0. The van der Waals surface area contributed by atoms with Crippen LogP contribution in [0.25, 0.3) is 11.1 Å². The molecule has 0 aromatic heterocycles. The topological polar surface area (TPSA) is 69.4 Å². The Bertz CT molecular complexity index is 731. The highest BCUT2D eigenvalue weighted by molar-refractivity contribution is 5.92. The fraction of sp³-hybridized carbons (Fsp3) is 0.0714. The smallest absolute Gasteiger partial charge is 0.338 e. The van der Waals surface area contributed by atoms with Gasteiger partial charge in [-0.3, -0.25) is 10.1 Å². The summed E-state index contributed by atoms with van der Waals surface area (Å²) in [5.41, 5.74) is -0.702. The summed E-state index contributed by atoms with van der Waals surface area (Å²) in [7, 11) is 1.11. The first kappa shape index (κ1) is 14.6. The van der Waals surface area contributed by atoms with Crippen molar-refractivity contribution in [3.05, 3.63) is 63.7 Å². The third kappa shape index (κ3) is 2.86. The Morgan fingerprint density at radius 1 is 1.24 bits per heavy atom. The maximum absolute atomic E-state index is 13.8. The van der Waals surface area contributed by atoms with E-state index < -0.39 is 28.2 Å². The summed E-state index contributed by atoms with van der Waals surface area (Å²) < 4.78 is 31.5. The quantitative estimate of drug-likeness (QED) is 0.494. The molecular formula is C14H9F2NO4. The summed E-state index contributed by atoms with van der Waals surface area (Å²) >= 11 is 0. The second-order valence-electron chi connectivity index (χ2n) is 4.12. The first-order valence-corrected chi connectivity index (χ1v) is 5.76. The van der Waals surface area contributed by atoms with Gasteiger partial charge in [0, 0.05) is 17.7 Å². The van der Waals surface area contributed by atoms with Gasteiger partial charge in [-0.15, -0.1) is 0 Å². The van der Waals surface area contributed by atoms with Crippen molar-refractivity contribution in [2.75, 3.05) is 7.11 Å². The van der Waals surface area contributed by atoms with Gasteiger partial charge < -0.3 is 4.74 Å². The molecule has 7 heteroatoms. The van der Waals surface area contributed by atoms with Crippen LogP contribution in [0.2, 0.25) is 0 Å². The van der Waals surface area contributed by atoms with Gasteiger partial charge in [-0.05, 0) is 17.7 Å². The molecule has 0 fully saturated rings. The van der Waals surface area contributed by atoms with Gasteiger partial charge in [0.05, 0.1) is 17.6 Å². The normalized spacial score (nSPS) is 10.2. The van der Waals surface area contributed by atoms with Gasteiger partial charge in [0.25, 0.3) is 5.69 Å². The predicted octanol–water partition coefficient (Wildman–Crippen LogP) is 3.33. The van der Waals surface area contributed by atoms with Gasteiger partial charge in [0.15, 0.2) is 11.6 Å². The second-order valence-corrected chi connectivity index (χ2v) is 4.12. The Balaban J connectivity index is 2.68. The number of nitro benzene ring substituents is 1. The maximum atomic E-state index is 13.8. The Kier molecular flexibility index (Phi) is 3.93. The zero-order valence-corrected chi connectivity index (χ0v) is 10.8. The standard InChI is InChI=1S/C14H9F2NO4/c1-21-14(18)9-5-8(6-10(7-9)17(19)20)11-3-2-4-12(15)13(11)16/h2-7H,1H3. The van der Waals surface area contributed by atoms with Gasteiger partial charge in [-0.25, -0.2) is 13.6 Å². The monoisotopic (exact) mass is 293 g/mol. The number of hydrogen-bond donors (Lipinski definition) is 0. The molecule has 0 aliphatic carbocycles. The fourth-order valence-corrected chi connectivity index (χ4v) is 1.83. The van der Waals surface area contributed by atoms with E-state index in [0.717, 1.165) is 25.3 Å². The molecule has 0 atom stereocenters. The third-order valence-corrected chi connectivity index (χ3v) is 2.81. The van der Waals surface area contributed by atoms with Crippen LogP contribution < -0.4 is 0 Å². The van der Waals surface area contributed by atoms with Crippen molar-refractivity contribution in [2.45, 2.75) is 0 Å². The third-order valence-electron chi connectivity index (χ3n) is 2.81.